The van der Waals surface area contributed by atoms with Gasteiger partial charge in [0.25, 0.3) is 10.0 Å². The summed E-state index contributed by atoms with van der Waals surface area (Å²) in [6.45, 7) is 4.33. The van der Waals surface area contributed by atoms with Gasteiger partial charge in [-0.15, -0.1) is 0 Å². The quantitative estimate of drug-likeness (QED) is 0.553. The first-order valence-corrected chi connectivity index (χ1v) is 11.0. The summed E-state index contributed by atoms with van der Waals surface area (Å²) in [5.41, 5.74) is 2.34. The van der Waals surface area contributed by atoms with Gasteiger partial charge in [0.15, 0.2) is 5.16 Å². The van der Waals surface area contributed by atoms with Gasteiger partial charge in [0.2, 0.25) is 5.09 Å². The summed E-state index contributed by atoms with van der Waals surface area (Å²) in [5.74, 6) is 1.47. The predicted molar refractivity (Wildman–Crippen MR) is 107 cm³/mol. The maximum Gasteiger partial charge on any atom is 0.275 e. The van der Waals surface area contributed by atoms with Gasteiger partial charge in [-0.05, 0) is 29.7 Å². The van der Waals surface area contributed by atoms with Crippen molar-refractivity contribution >= 4 is 21.8 Å². The Labute approximate surface area is 164 Å². The van der Waals surface area contributed by atoms with Gasteiger partial charge in [-0.25, -0.2) is 17.7 Å². The van der Waals surface area contributed by atoms with Crippen molar-refractivity contribution in [2.45, 2.75) is 35.8 Å². The number of thioether (sulfide) groups is 1. The molecule has 0 aliphatic heterocycles. The van der Waals surface area contributed by atoms with Crippen molar-refractivity contribution in [2.24, 2.45) is 0 Å². The van der Waals surface area contributed by atoms with Crippen LogP contribution in [0.4, 0.5) is 0 Å². The molecular formula is C19H23N3O3S2. The molecule has 0 saturated heterocycles. The fraction of sp³-hybridized carbons (Fsp3) is 0.316. The standard InChI is InChI=1S/C19H23N3O3S2/c1-14(2)16-7-5-6-8-17(16)22-12-11-20-19(22)26-13-15-9-10-18(25-15)27(23,24)21(3)4/h5-12,14H,13H2,1-4H3. The first-order valence-electron chi connectivity index (χ1n) is 8.57. The maximum absolute atomic E-state index is 12.1. The lowest BCUT2D eigenvalue weighted by molar-refractivity contribution is 0.408. The molecule has 2 heterocycles. The summed E-state index contributed by atoms with van der Waals surface area (Å²) in [7, 11) is -0.595. The summed E-state index contributed by atoms with van der Waals surface area (Å²) in [6, 6.07) is 11.4. The lowest BCUT2D eigenvalue weighted by Gasteiger charge is -2.15. The molecule has 2 aromatic heterocycles. The Kier molecular flexibility index (Phi) is 5.78. The molecule has 27 heavy (non-hydrogen) atoms. The highest BCUT2D eigenvalue weighted by Crippen LogP contribution is 2.29. The van der Waals surface area contributed by atoms with Crippen molar-refractivity contribution in [3.8, 4) is 5.69 Å². The second-order valence-electron chi connectivity index (χ2n) is 6.59. The zero-order valence-corrected chi connectivity index (χ0v) is 17.4. The molecule has 0 atom stereocenters. The number of para-hydroxylation sites is 1. The number of rotatable bonds is 7. The minimum atomic E-state index is -3.56. The highest BCUT2D eigenvalue weighted by molar-refractivity contribution is 7.98. The van der Waals surface area contributed by atoms with Crippen LogP contribution in [0, 0.1) is 0 Å². The number of nitrogens with zero attached hydrogens (tertiary/aromatic N) is 3. The van der Waals surface area contributed by atoms with E-state index in [2.05, 4.69) is 35.5 Å². The molecular weight excluding hydrogens is 382 g/mol. The van der Waals surface area contributed by atoms with Crippen LogP contribution in [0.15, 0.2) is 63.5 Å². The molecule has 3 aromatic rings. The summed E-state index contributed by atoms with van der Waals surface area (Å²) in [6.07, 6.45) is 3.71. The third-order valence-electron chi connectivity index (χ3n) is 4.14. The highest BCUT2D eigenvalue weighted by atomic mass is 32.2. The van der Waals surface area contributed by atoms with E-state index in [1.165, 1.54) is 37.5 Å². The van der Waals surface area contributed by atoms with E-state index in [1.807, 2.05) is 18.3 Å². The first kappa shape index (κ1) is 19.7. The molecule has 0 amide bonds. The third-order valence-corrected chi connectivity index (χ3v) is 6.82. The van der Waals surface area contributed by atoms with Crippen molar-refractivity contribution in [3.63, 3.8) is 0 Å². The molecule has 0 radical (unpaired) electrons. The van der Waals surface area contributed by atoms with Crippen molar-refractivity contribution in [2.75, 3.05) is 14.1 Å². The van der Waals surface area contributed by atoms with Crippen LogP contribution in [0.2, 0.25) is 0 Å². The fourth-order valence-corrected chi connectivity index (χ4v) is 4.34. The molecule has 6 nitrogen and oxygen atoms in total. The summed E-state index contributed by atoms with van der Waals surface area (Å²) >= 11 is 1.50. The average molecular weight is 406 g/mol. The second kappa shape index (κ2) is 7.92. The van der Waals surface area contributed by atoms with Gasteiger partial charge >= 0.3 is 0 Å². The molecule has 0 bridgehead atoms. The first-order chi connectivity index (χ1) is 12.8. The van der Waals surface area contributed by atoms with Crippen molar-refractivity contribution in [1.82, 2.24) is 13.9 Å². The van der Waals surface area contributed by atoms with Crippen molar-refractivity contribution < 1.29 is 12.8 Å². The number of hydrogen-bond donors (Lipinski definition) is 0. The Bertz CT molecular complexity index is 1020. The van der Waals surface area contributed by atoms with Crippen LogP contribution in [0.1, 0.15) is 31.1 Å². The van der Waals surface area contributed by atoms with Gasteiger partial charge in [0, 0.05) is 26.5 Å². The Morgan fingerprint density at radius 3 is 2.63 bits per heavy atom. The molecule has 0 aliphatic carbocycles. The third kappa shape index (κ3) is 4.12. The summed E-state index contributed by atoms with van der Waals surface area (Å²) < 4.78 is 33.0. The Morgan fingerprint density at radius 1 is 1.19 bits per heavy atom. The number of benzene rings is 1. The van der Waals surface area contributed by atoms with E-state index in [0.29, 0.717) is 17.4 Å². The van der Waals surface area contributed by atoms with E-state index in [4.69, 9.17) is 4.42 Å². The molecule has 8 heteroatoms. The van der Waals surface area contributed by atoms with Crippen LogP contribution in [0.5, 0.6) is 0 Å². The molecule has 0 fully saturated rings. The van der Waals surface area contributed by atoms with E-state index in [1.54, 1.807) is 12.3 Å². The van der Waals surface area contributed by atoms with Crippen LogP contribution < -0.4 is 0 Å². The Balaban J connectivity index is 1.81. The zero-order valence-electron chi connectivity index (χ0n) is 15.8. The molecule has 0 saturated carbocycles. The molecule has 0 N–H and O–H groups in total. The van der Waals surface area contributed by atoms with E-state index in [0.717, 1.165) is 15.1 Å². The molecule has 144 valence electrons. The predicted octanol–water partition coefficient (Wildman–Crippen LogP) is 4.13. The monoisotopic (exact) mass is 405 g/mol. The summed E-state index contributed by atoms with van der Waals surface area (Å²) in [5, 5.41) is 0.785. The van der Waals surface area contributed by atoms with Crippen LogP contribution in [0.3, 0.4) is 0 Å². The number of imidazole rings is 1. The van der Waals surface area contributed by atoms with Gasteiger partial charge in [0.1, 0.15) is 5.76 Å². The largest absolute Gasteiger partial charge is 0.447 e. The van der Waals surface area contributed by atoms with Crippen molar-refractivity contribution in [3.05, 3.63) is 60.1 Å². The SMILES string of the molecule is CC(C)c1ccccc1-n1ccnc1SCc1ccc(S(=O)(=O)N(C)C)o1. The van der Waals surface area contributed by atoms with Gasteiger partial charge in [-0.1, -0.05) is 43.8 Å². The Hall–Kier alpha value is -2.03. The molecule has 1 aromatic carbocycles. The topological polar surface area (TPSA) is 68.3 Å². The normalized spacial score (nSPS) is 12.2. The van der Waals surface area contributed by atoms with E-state index in [9.17, 15) is 8.42 Å². The smallest absolute Gasteiger partial charge is 0.275 e. The van der Waals surface area contributed by atoms with Crippen LogP contribution in [0.25, 0.3) is 5.69 Å². The second-order valence-corrected chi connectivity index (χ2v) is 9.62. The number of furan rings is 1. The van der Waals surface area contributed by atoms with Crippen LogP contribution in [-0.2, 0) is 15.8 Å². The minimum Gasteiger partial charge on any atom is -0.447 e. The molecule has 0 spiro atoms. The van der Waals surface area contributed by atoms with E-state index >= 15 is 0 Å². The van der Waals surface area contributed by atoms with Gasteiger partial charge in [0.05, 0.1) is 11.4 Å². The number of hydrogen-bond acceptors (Lipinski definition) is 5. The molecule has 0 aliphatic rings. The zero-order chi connectivity index (χ0) is 19.6. The van der Waals surface area contributed by atoms with Crippen LogP contribution in [-0.4, -0.2) is 36.4 Å². The van der Waals surface area contributed by atoms with Gasteiger partial charge in [-0.2, -0.15) is 0 Å². The number of aromatic nitrogens is 2. The van der Waals surface area contributed by atoms with E-state index < -0.39 is 10.0 Å². The van der Waals surface area contributed by atoms with Gasteiger partial charge in [-0.3, -0.25) is 4.57 Å². The lowest BCUT2D eigenvalue weighted by Crippen LogP contribution is -2.21. The van der Waals surface area contributed by atoms with Gasteiger partial charge < -0.3 is 4.42 Å². The maximum atomic E-state index is 12.1. The number of sulfonamides is 1. The minimum absolute atomic E-state index is 0.0448. The van der Waals surface area contributed by atoms with E-state index in [-0.39, 0.29) is 5.09 Å². The molecule has 3 rings (SSSR count). The van der Waals surface area contributed by atoms with Crippen molar-refractivity contribution in [1.29, 1.82) is 0 Å². The summed E-state index contributed by atoms with van der Waals surface area (Å²) in [4.78, 5) is 4.45. The molecule has 0 unspecified atom stereocenters. The average Bonchev–Trinajstić information content (AvgIpc) is 3.29. The highest BCUT2D eigenvalue weighted by Gasteiger charge is 2.21. The lowest BCUT2D eigenvalue weighted by atomic mass is 10.0. The fourth-order valence-electron chi connectivity index (χ4n) is 2.67. The Morgan fingerprint density at radius 2 is 1.93 bits per heavy atom. The van der Waals surface area contributed by atoms with Crippen LogP contribution >= 0.6 is 11.8 Å².